The molecule has 0 saturated heterocycles. The number of carbonyl (C=O) groups is 3. The Bertz CT molecular complexity index is 1310. The van der Waals surface area contributed by atoms with Crippen molar-refractivity contribution in [1.29, 1.82) is 5.26 Å². The van der Waals surface area contributed by atoms with Crippen molar-refractivity contribution in [3.63, 3.8) is 0 Å². The number of ketones is 2. The first-order valence-corrected chi connectivity index (χ1v) is 11.5. The lowest BCUT2D eigenvalue weighted by atomic mass is 9.98. The molecule has 0 bridgehead atoms. The fourth-order valence-electron chi connectivity index (χ4n) is 3.39. The zero-order chi connectivity index (χ0) is 24.7. The summed E-state index contributed by atoms with van der Waals surface area (Å²) in [7, 11) is 0. The number of thioether (sulfide) groups is 1. The third kappa shape index (κ3) is 6.06. The number of nitrogens with zero attached hydrogens (tertiary/aromatic N) is 2. The van der Waals surface area contributed by atoms with E-state index in [0.717, 1.165) is 17.3 Å². The highest BCUT2D eigenvalue weighted by Gasteiger charge is 2.20. The summed E-state index contributed by atoms with van der Waals surface area (Å²) in [5.74, 6) is -0.486. The van der Waals surface area contributed by atoms with Gasteiger partial charge in [-0.2, -0.15) is 5.26 Å². The molecule has 170 valence electrons. The summed E-state index contributed by atoms with van der Waals surface area (Å²) in [6.07, 6.45) is 3.59. The third-order valence-electron chi connectivity index (χ3n) is 5.00. The quantitative estimate of drug-likeness (QED) is 0.342. The second-order valence-electron chi connectivity index (χ2n) is 7.55. The molecule has 0 radical (unpaired) electrons. The Morgan fingerprint density at radius 3 is 2.26 bits per heavy atom. The van der Waals surface area contributed by atoms with Gasteiger partial charge in [0.05, 0.1) is 17.0 Å². The molecule has 1 N–H and O–H groups in total. The van der Waals surface area contributed by atoms with Gasteiger partial charge in [0, 0.05) is 22.4 Å². The fraction of sp³-hybridized carbons (Fsp3) is 0.148. The van der Waals surface area contributed by atoms with E-state index in [1.807, 2.05) is 36.4 Å². The van der Waals surface area contributed by atoms with Crippen LogP contribution >= 0.6 is 11.8 Å². The number of hydrogen-bond acceptors (Lipinski definition) is 6. The molecule has 3 rings (SSSR count). The standard InChI is InChI=1S/C27H23N3O3S/c1-17-26(19(3)32)23(14-9-20-7-5-4-6-8-20)24(15-28)27(29-17)34-16-25(33)30-22-12-10-21(11-13-22)18(2)31/h4-14H,16H2,1-3H3,(H,30,33). The Labute approximate surface area is 202 Å². The number of nitrogens with one attached hydrogen (secondary N) is 1. The fourth-order valence-corrected chi connectivity index (χ4v) is 4.23. The van der Waals surface area contributed by atoms with Crippen molar-refractivity contribution in [2.45, 2.75) is 25.8 Å². The van der Waals surface area contributed by atoms with E-state index in [0.29, 0.717) is 33.1 Å². The van der Waals surface area contributed by atoms with Gasteiger partial charge >= 0.3 is 0 Å². The lowest BCUT2D eigenvalue weighted by Crippen LogP contribution is -2.15. The molecule has 0 saturated carbocycles. The number of rotatable bonds is 8. The van der Waals surface area contributed by atoms with E-state index in [2.05, 4.69) is 16.4 Å². The summed E-state index contributed by atoms with van der Waals surface area (Å²) < 4.78 is 0. The average Bonchev–Trinajstić information content (AvgIpc) is 2.81. The largest absolute Gasteiger partial charge is 0.325 e. The lowest BCUT2D eigenvalue weighted by Gasteiger charge is -2.13. The molecule has 0 fully saturated rings. The van der Waals surface area contributed by atoms with E-state index < -0.39 is 0 Å². The normalized spacial score (nSPS) is 10.6. The van der Waals surface area contributed by atoms with Crippen LogP contribution in [0.1, 0.15) is 56.9 Å². The van der Waals surface area contributed by atoms with Crippen LogP contribution in [-0.4, -0.2) is 28.2 Å². The molecule has 0 spiro atoms. The van der Waals surface area contributed by atoms with Gasteiger partial charge in [-0.05, 0) is 50.6 Å². The molecule has 1 heterocycles. The van der Waals surface area contributed by atoms with Gasteiger partial charge in [0.15, 0.2) is 11.6 Å². The maximum Gasteiger partial charge on any atom is 0.234 e. The first-order valence-electron chi connectivity index (χ1n) is 10.5. The highest BCUT2D eigenvalue weighted by Crippen LogP contribution is 2.29. The van der Waals surface area contributed by atoms with Crippen LogP contribution in [0, 0.1) is 18.3 Å². The van der Waals surface area contributed by atoms with Gasteiger partial charge in [-0.25, -0.2) is 4.98 Å². The van der Waals surface area contributed by atoms with Crippen molar-refractivity contribution in [3.05, 3.63) is 88.1 Å². The number of aryl methyl sites for hydroxylation is 1. The number of nitriles is 1. The van der Waals surface area contributed by atoms with E-state index in [1.54, 1.807) is 37.3 Å². The van der Waals surface area contributed by atoms with Crippen molar-refractivity contribution in [3.8, 4) is 6.07 Å². The Morgan fingerprint density at radius 2 is 1.68 bits per heavy atom. The van der Waals surface area contributed by atoms with Crippen LogP contribution in [0.25, 0.3) is 12.2 Å². The number of pyridine rings is 1. The maximum absolute atomic E-state index is 12.5. The highest BCUT2D eigenvalue weighted by molar-refractivity contribution is 8.00. The summed E-state index contributed by atoms with van der Waals surface area (Å²) in [6.45, 7) is 4.65. The smallest absolute Gasteiger partial charge is 0.234 e. The zero-order valence-corrected chi connectivity index (χ0v) is 19.9. The molecule has 6 nitrogen and oxygen atoms in total. The zero-order valence-electron chi connectivity index (χ0n) is 19.1. The number of benzene rings is 2. The summed E-state index contributed by atoms with van der Waals surface area (Å²) in [6, 6.07) is 18.4. The summed E-state index contributed by atoms with van der Waals surface area (Å²) in [5.41, 5.74) is 3.71. The molecular formula is C27H23N3O3S. The molecule has 0 aliphatic heterocycles. The monoisotopic (exact) mass is 469 g/mol. The van der Waals surface area contributed by atoms with E-state index in [4.69, 9.17) is 0 Å². The maximum atomic E-state index is 12.5. The molecule has 1 aromatic heterocycles. The van der Waals surface area contributed by atoms with Crippen LogP contribution in [0.2, 0.25) is 0 Å². The van der Waals surface area contributed by atoms with Gasteiger partial charge in [0.1, 0.15) is 11.1 Å². The SMILES string of the molecule is CC(=O)c1ccc(NC(=O)CSc2nc(C)c(C(C)=O)c(C=Cc3ccccc3)c2C#N)cc1. The molecule has 0 unspecified atom stereocenters. The van der Waals surface area contributed by atoms with Crippen LogP contribution in [-0.2, 0) is 4.79 Å². The number of Topliss-reactive ketones (excluding diaryl/α,β-unsaturated/α-hetero) is 2. The summed E-state index contributed by atoms with van der Waals surface area (Å²) in [5, 5.41) is 13.0. The van der Waals surface area contributed by atoms with Gasteiger partial charge in [-0.3, -0.25) is 14.4 Å². The lowest BCUT2D eigenvalue weighted by molar-refractivity contribution is -0.113. The van der Waals surface area contributed by atoms with Crippen molar-refractivity contribution < 1.29 is 14.4 Å². The minimum absolute atomic E-state index is 0.0246. The van der Waals surface area contributed by atoms with E-state index >= 15 is 0 Å². The molecule has 0 atom stereocenters. The molecule has 0 aliphatic rings. The van der Waals surface area contributed by atoms with Crippen LogP contribution < -0.4 is 5.32 Å². The van der Waals surface area contributed by atoms with Crippen molar-refractivity contribution in [1.82, 2.24) is 4.98 Å². The molecular weight excluding hydrogens is 446 g/mol. The Morgan fingerprint density at radius 1 is 1.00 bits per heavy atom. The van der Waals surface area contributed by atoms with Crippen molar-refractivity contribution in [2.75, 3.05) is 11.1 Å². The number of hydrogen-bond donors (Lipinski definition) is 1. The second kappa shape index (κ2) is 11.2. The molecule has 3 aromatic rings. The molecule has 34 heavy (non-hydrogen) atoms. The predicted molar refractivity (Wildman–Crippen MR) is 135 cm³/mol. The van der Waals surface area contributed by atoms with Crippen LogP contribution in [0.15, 0.2) is 59.6 Å². The Balaban J connectivity index is 1.85. The predicted octanol–water partition coefficient (Wildman–Crippen LogP) is 5.57. The number of carbonyl (C=O) groups excluding carboxylic acids is 3. The van der Waals surface area contributed by atoms with Gasteiger partial charge in [0.25, 0.3) is 0 Å². The first kappa shape index (κ1) is 24.6. The van der Waals surface area contributed by atoms with E-state index in [9.17, 15) is 19.6 Å². The molecule has 7 heteroatoms. The third-order valence-corrected chi connectivity index (χ3v) is 5.98. The molecule has 0 aliphatic carbocycles. The van der Waals surface area contributed by atoms with E-state index in [1.165, 1.54) is 13.8 Å². The topological polar surface area (TPSA) is 99.9 Å². The summed E-state index contributed by atoms with van der Waals surface area (Å²) >= 11 is 1.13. The van der Waals surface area contributed by atoms with Crippen molar-refractivity contribution in [2.24, 2.45) is 0 Å². The number of amides is 1. The first-order chi connectivity index (χ1) is 16.3. The van der Waals surface area contributed by atoms with Crippen molar-refractivity contribution >= 4 is 47.1 Å². The van der Waals surface area contributed by atoms with E-state index in [-0.39, 0.29) is 28.8 Å². The minimum Gasteiger partial charge on any atom is -0.325 e. The van der Waals surface area contributed by atoms with Crippen LogP contribution in [0.5, 0.6) is 0 Å². The van der Waals surface area contributed by atoms with Crippen LogP contribution in [0.4, 0.5) is 5.69 Å². The van der Waals surface area contributed by atoms with Gasteiger partial charge < -0.3 is 5.32 Å². The second-order valence-corrected chi connectivity index (χ2v) is 8.51. The molecule has 1 amide bonds. The van der Waals surface area contributed by atoms with Crippen LogP contribution in [0.3, 0.4) is 0 Å². The summed E-state index contributed by atoms with van der Waals surface area (Å²) in [4.78, 5) is 40.7. The van der Waals surface area contributed by atoms with Gasteiger partial charge in [0.2, 0.25) is 5.91 Å². The van der Waals surface area contributed by atoms with Gasteiger partial charge in [-0.15, -0.1) is 0 Å². The minimum atomic E-state index is -0.277. The molecule has 2 aromatic carbocycles. The Kier molecular flexibility index (Phi) is 8.12. The highest BCUT2D eigenvalue weighted by atomic mass is 32.2. The van der Waals surface area contributed by atoms with Gasteiger partial charge in [-0.1, -0.05) is 54.2 Å². The number of anilines is 1. The number of aromatic nitrogens is 1. The average molecular weight is 470 g/mol. The Hall–Kier alpha value is -4.02.